The Morgan fingerprint density at radius 2 is 1.96 bits per heavy atom. The lowest BCUT2D eigenvalue weighted by Gasteiger charge is -2.08. The second kappa shape index (κ2) is 8.02. The molecular formula is C18H22N2O4S. The third-order valence-electron chi connectivity index (χ3n) is 3.48. The highest BCUT2D eigenvalue weighted by Crippen LogP contribution is 2.22. The zero-order valence-corrected chi connectivity index (χ0v) is 15.3. The molecule has 0 aliphatic heterocycles. The van der Waals surface area contributed by atoms with Crippen molar-refractivity contribution < 1.29 is 18.3 Å². The minimum atomic E-state index is -3.77. The Morgan fingerprint density at radius 1 is 1.20 bits per heavy atom. The van der Waals surface area contributed by atoms with Gasteiger partial charge in [0.25, 0.3) is 10.0 Å². The van der Waals surface area contributed by atoms with E-state index in [9.17, 15) is 13.5 Å². The molecule has 0 atom stereocenters. The number of hydrogen-bond donors (Lipinski definition) is 2. The Labute approximate surface area is 148 Å². The standard InChI is InChI=1S/C18H22N2O4S/c1-4-9-24-16-8-7-15(17(21)11-16)12-19-20-25(22,23)18-10-13(2)5-6-14(18)3/h5-8,10-12,20-21H,4,9H2,1-3H3/b19-12+. The lowest BCUT2D eigenvalue weighted by Crippen LogP contribution is -2.19. The first-order chi connectivity index (χ1) is 11.8. The van der Waals surface area contributed by atoms with E-state index in [0.29, 0.717) is 23.5 Å². The molecule has 2 aromatic rings. The fourth-order valence-corrected chi connectivity index (χ4v) is 3.28. The largest absolute Gasteiger partial charge is 0.507 e. The number of benzene rings is 2. The van der Waals surface area contributed by atoms with Crippen molar-refractivity contribution in [1.82, 2.24) is 4.83 Å². The van der Waals surface area contributed by atoms with Crippen molar-refractivity contribution >= 4 is 16.2 Å². The van der Waals surface area contributed by atoms with Gasteiger partial charge in [0.1, 0.15) is 11.5 Å². The van der Waals surface area contributed by atoms with Crippen LogP contribution in [0.5, 0.6) is 11.5 Å². The van der Waals surface area contributed by atoms with E-state index < -0.39 is 10.0 Å². The van der Waals surface area contributed by atoms with E-state index in [1.165, 1.54) is 12.3 Å². The van der Waals surface area contributed by atoms with Crippen LogP contribution in [0.3, 0.4) is 0 Å². The van der Waals surface area contributed by atoms with Crippen LogP contribution in [0.2, 0.25) is 0 Å². The molecule has 0 amide bonds. The lowest BCUT2D eigenvalue weighted by molar-refractivity contribution is 0.315. The summed E-state index contributed by atoms with van der Waals surface area (Å²) < 4.78 is 30.1. The number of phenolic OH excluding ortho intramolecular Hbond substituents is 1. The number of rotatable bonds is 7. The summed E-state index contributed by atoms with van der Waals surface area (Å²) in [6.07, 6.45) is 2.12. The van der Waals surface area contributed by atoms with Crippen molar-refractivity contribution in [2.45, 2.75) is 32.1 Å². The molecule has 2 rings (SSSR count). The van der Waals surface area contributed by atoms with E-state index in [0.717, 1.165) is 12.0 Å². The number of aromatic hydroxyl groups is 1. The van der Waals surface area contributed by atoms with Crippen LogP contribution in [-0.4, -0.2) is 26.3 Å². The fraction of sp³-hybridized carbons (Fsp3) is 0.278. The third kappa shape index (κ3) is 4.96. The average molecular weight is 362 g/mol. The van der Waals surface area contributed by atoms with Gasteiger partial charge in [-0.3, -0.25) is 0 Å². The molecule has 0 aromatic heterocycles. The minimum Gasteiger partial charge on any atom is -0.507 e. The molecule has 2 aromatic carbocycles. The summed E-state index contributed by atoms with van der Waals surface area (Å²) in [6, 6.07) is 9.94. The number of sulfonamides is 1. The number of hydrogen-bond acceptors (Lipinski definition) is 5. The lowest BCUT2D eigenvalue weighted by atomic mass is 10.2. The number of phenols is 1. The number of hydrazone groups is 1. The third-order valence-corrected chi connectivity index (χ3v) is 4.85. The second-order valence-electron chi connectivity index (χ2n) is 5.69. The van der Waals surface area contributed by atoms with Gasteiger partial charge in [-0.05, 0) is 49.6 Å². The Kier molecular flexibility index (Phi) is 6.03. The number of nitrogens with zero attached hydrogens (tertiary/aromatic N) is 1. The van der Waals surface area contributed by atoms with Gasteiger partial charge >= 0.3 is 0 Å². The summed E-state index contributed by atoms with van der Waals surface area (Å²) in [5.41, 5.74) is 1.86. The monoisotopic (exact) mass is 362 g/mol. The molecule has 0 heterocycles. The molecule has 2 N–H and O–H groups in total. The molecule has 0 aliphatic rings. The van der Waals surface area contributed by atoms with E-state index in [1.807, 2.05) is 19.9 Å². The first-order valence-electron chi connectivity index (χ1n) is 7.91. The average Bonchev–Trinajstić information content (AvgIpc) is 2.56. The first-order valence-corrected chi connectivity index (χ1v) is 9.39. The van der Waals surface area contributed by atoms with Gasteiger partial charge in [0.05, 0.1) is 17.7 Å². The number of aryl methyl sites for hydroxylation is 2. The normalized spacial score (nSPS) is 11.6. The first kappa shape index (κ1) is 18.8. The van der Waals surface area contributed by atoms with Crippen molar-refractivity contribution in [2.75, 3.05) is 6.61 Å². The van der Waals surface area contributed by atoms with Gasteiger partial charge in [0, 0.05) is 11.6 Å². The van der Waals surface area contributed by atoms with Crippen LogP contribution in [0.15, 0.2) is 46.4 Å². The highest BCUT2D eigenvalue weighted by molar-refractivity contribution is 7.89. The summed E-state index contributed by atoms with van der Waals surface area (Å²) in [5, 5.41) is 13.7. The molecule has 0 unspecified atom stereocenters. The van der Waals surface area contributed by atoms with Gasteiger partial charge in [0.2, 0.25) is 0 Å². The minimum absolute atomic E-state index is 0.0386. The molecule has 7 heteroatoms. The van der Waals surface area contributed by atoms with Crippen LogP contribution in [0.4, 0.5) is 0 Å². The maximum absolute atomic E-state index is 12.3. The van der Waals surface area contributed by atoms with Crippen LogP contribution in [-0.2, 0) is 10.0 Å². The highest BCUT2D eigenvalue weighted by atomic mass is 32.2. The quantitative estimate of drug-likeness (QED) is 0.585. The SMILES string of the molecule is CCCOc1ccc(/C=N/NS(=O)(=O)c2cc(C)ccc2C)c(O)c1. The van der Waals surface area contributed by atoms with Crippen LogP contribution < -0.4 is 9.57 Å². The van der Waals surface area contributed by atoms with E-state index in [-0.39, 0.29) is 10.6 Å². The Balaban J connectivity index is 2.13. The zero-order chi connectivity index (χ0) is 18.4. The van der Waals surface area contributed by atoms with Crippen molar-refractivity contribution in [1.29, 1.82) is 0 Å². The molecule has 0 fully saturated rings. The maximum Gasteiger partial charge on any atom is 0.276 e. The predicted octanol–water partition coefficient (Wildman–Crippen LogP) is 3.11. The van der Waals surface area contributed by atoms with E-state index >= 15 is 0 Å². The molecule has 0 bridgehead atoms. The molecule has 0 radical (unpaired) electrons. The summed E-state index contributed by atoms with van der Waals surface area (Å²) in [4.78, 5) is 2.35. The van der Waals surface area contributed by atoms with Crippen LogP contribution >= 0.6 is 0 Å². The molecule has 25 heavy (non-hydrogen) atoms. The number of nitrogens with one attached hydrogen (secondary N) is 1. The molecule has 134 valence electrons. The molecule has 0 saturated carbocycles. The molecular weight excluding hydrogens is 340 g/mol. The Hall–Kier alpha value is -2.54. The van der Waals surface area contributed by atoms with Gasteiger partial charge in [-0.15, -0.1) is 0 Å². The van der Waals surface area contributed by atoms with Gasteiger partial charge in [-0.2, -0.15) is 13.5 Å². The molecule has 6 nitrogen and oxygen atoms in total. The van der Waals surface area contributed by atoms with E-state index in [1.54, 1.807) is 31.2 Å². The fourth-order valence-electron chi connectivity index (χ4n) is 2.15. The van der Waals surface area contributed by atoms with Crippen molar-refractivity contribution in [3.63, 3.8) is 0 Å². The van der Waals surface area contributed by atoms with Crippen LogP contribution in [0, 0.1) is 13.8 Å². The van der Waals surface area contributed by atoms with Gasteiger partial charge < -0.3 is 9.84 Å². The number of ether oxygens (including phenoxy) is 1. The predicted molar refractivity (Wildman–Crippen MR) is 97.7 cm³/mol. The van der Waals surface area contributed by atoms with Gasteiger partial charge in [-0.25, -0.2) is 4.83 Å². The van der Waals surface area contributed by atoms with Crippen molar-refractivity contribution in [2.24, 2.45) is 5.10 Å². The van der Waals surface area contributed by atoms with Crippen LogP contribution in [0.25, 0.3) is 0 Å². The van der Waals surface area contributed by atoms with Crippen molar-refractivity contribution in [3.05, 3.63) is 53.1 Å². The zero-order valence-electron chi connectivity index (χ0n) is 14.5. The summed E-state index contributed by atoms with van der Waals surface area (Å²) in [5.74, 6) is 0.510. The second-order valence-corrected chi connectivity index (χ2v) is 7.32. The Morgan fingerprint density at radius 3 is 2.64 bits per heavy atom. The maximum atomic E-state index is 12.3. The smallest absolute Gasteiger partial charge is 0.276 e. The van der Waals surface area contributed by atoms with Crippen molar-refractivity contribution in [3.8, 4) is 11.5 Å². The topological polar surface area (TPSA) is 88.0 Å². The Bertz CT molecular complexity index is 877. The summed E-state index contributed by atoms with van der Waals surface area (Å²) >= 11 is 0. The van der Waals surface area contributed by atoms with E-state index in [2.05, 4.69) is 9.93 Å². The molecule has 0 aliphatic carbocycles. The van der Waals surface area contributed by atoms with Crippen LogP contribution in [0.1, 0.15) is 30.0 Å². The summed E-state index contributed by atoms with van der Waals surface area (Å²) in [7, 11) is -3.77. The molecule has 0 saturated heterocycles. The van der Waals surface area contributed by atoms with Gasteiger partial charge in [0.15, 0.2) is 0 Å². The summed E-state index contributed by atoms with van der Waals surface area (Å²) in [6.45, 7) is 6.09. The van der Waals surface area contributed by atoms with E-state index in [4.69, 9.17) is 4.74 Å². The highest BCUT2D eigenvalue weighted by Gasteiger charge is 2.15. The van der Waals surface area contributed by atoms with Gasteiger partial charge in [-0.1, -0.05) is 19.1 Å². The molecule has 0 spiro atoms.